The summed E-state index contributed by atoms with van der Waals surface area (Å²) in [5, 5.41) is 12.5. The Labute approximate surface area is 136 Å². The Morgan fingerprint density at radius 3 is 2.62 bits per heavy atom. The Bertz CT molecular complexity index is 399. The molecule has 5 nitrogen and oxygen atoms in total. The van der Waals surface area contributed by atoms with Crippen molar-refractivity contribution in [3.8, 4) is 0 Å². The summed E-state index contributed by atoms with van der Waals surface area (Å²) in [4.78, 5) is 23.1. The molecule has 0 unspecified atom stereocenters. The van der Waals surface area contributed by atoms with Crippen LogP contribution in [-0.2, 0) is 4.79 Å². The van der Waals surface area contributed by atoms with E-state index in [1.165, 1.54) is 11.3 Å². The van der Waals surface area contributed by atoms with Gasteiger partial charge in [-0.2, -0.15) is 11.3 Å². The van der Waals surface area contributed by atoms with Crippen LogP contribution in [0.5, 0.6) is 0 Å². The zero-order chi connectivity index (χ0) is 14.6. The van der Waals surface area contributed by atoms with Crippen LogP contribution in [0.3, 0.4) is 0 Å². The van der Waals surface area contributed by atoms with Crippen LogP contribution in [0.2, 0.25) is 0 Å². The first-order valence-corrected chi connectivity index (χ1v) is 7.96. The Balaban J connectivity index is 0.00000400. The number of carbonyl (C=O) groups excluding carboxylic acids is 2. The molecule has 0 saturated heterocycles. The molecule has 0 spiro atoms. The summed E-state index contributed by atoms with van der Waals surface area (Å²) in [6.07, 6.45) is 2.19. The second kappa shape index (κ2) is 12.6. The number of halogens is 1. The van der Waals surface area contributed by atoms with E-state index in [1.54, 1.807) is 6.07 Å². The molecule has 7 heteroatoms. The Kier molecular flexibility index (Phi) is 12.0. The highest BCUT2D eigenvalue weighted by molar-refractivity contribution is 7.08. The number of rotatable bonds is 10. The summed E-state index contributed by atoms with van der Waals surface area (Å²) in [6.45, 7) is 5.06. The zero-order valence-corrected chi connectivity index (χ0v) is 13.9. The highest BCUT2D eigenvalue weighted by Gasteiger charge is 2.05. The fourth-order valence-corrected chi connectivity index (χ4v) is 2.26. The number of amides is 2. The van der Waals surface area contributed by atoms with Crippen LogP contribution in [0, 0.1) is 0 Å². The van der Waals surface area contributed by atoms with Gasteiger partial charge in [-0.15, -0.1) is 12.4 Å². The smallest absolute Gasteiger partial charge is 0.252 e. The minimum absolute atomic E-state index is 0. The summed E-state index contributed by atoms with van der Waals surface area (Å²) < 4.78 is 0. The molecule has 0 aliphatic heterocycles. The molecule has 3 N–H and O–H groups in total. The van der Waals surface area contributed by atoms with Crippen molar-refractivity contribution in [2.45, 2.75) is 26.2 Å². The Hall–Kier alpha value is -1.11. The molecule has 0 aliphatic carbocycles. The molecule has 1 aromatic heterocycles. The van der Waals surface area contributed by atoms with Gasteiger partial charge in [-0.25, -0.2) is 0 Å². The highest BCUT2D eigenvalue weighted by Crippen LogP contribution is 2.05. The predicted octanol–water partition coefficient (Wildman–Crippen LogP) is 1.80. The molecular weight excluding hydrogens is 310 g/mol. The molecule has 0 aromatic carbocycles. The largest absolute Gasteiger partial charge is 0.355 e. The molecule has 1 aromatic rings. The fourth-order valence-electron chi connectivity index (χ4n) is 1.63. The second-order valence-corrected chi connectivity index (χ2v) is 5.25. The molecule has 0 atom stereocenters. The maximum Gasteiger partial charge on any atom is 0.252 e. The van der Waals surface area contributed by atoms with E-state index in [0.717, 1.165) is 19.5 Å². The van der Waals surface area contributed by atoms with E-state index in [-0.39, 0.29) is 24.2 Å². The van der Waals surface area contributed by atoms with Gasteiger partial charge in [0, 0.05) is 37.0 Å². The molecule has 0 saturated carbocycles. The number of nitrogens with one attached hydrogen (secondary N) is 3. The average molecular weight is 334 g/mol. The minimum atomic E-state index is -0.0737. The third kappa shape index (κ3) is 9.44. The van der Waals surface area contributed by atoms with E-state index in [0.29, 0.717) is 31.5 Å². The number of hydrogen-bond acceptors (Lipinski definition) is 4. The monoisotopic (exact) mass is 333 g/mol. The van der Waals surface area contributed by atoms with Gasteiger partial charge in [-0.05, 0) is 30.8 Å². The van der Waals surface area contributed by atoms with Crippen molar-refractivity contribution in [2.24, 2.45) is 0 Å². The minimum Gasteiger partial charge on any atom is -0.355 e. The van der Waals surface area contributed by atoms with Crippen LogP contribution in [0.4, 0.5) is 0 Å². The van der Waals surface area contributed by atoms with Crippen molar-refractivity contribution < 1.29 is 9.59 Å². The number of thiophene rings is 1. The second-order valence-electron chi connectivity index (χ2n) is 4.47. The summed E-state index contributed by atoms with van der Waals surface area (Å²) in [5.74, 6) is -0.0384. The molecule has 1 rings (SSSR count). The van der Waals surface area contributed by atoms with E-state index in [9.17, 15) is 9.59 Å². The topological polar surface area (TPSA) is 70.2 Å². The fraction of sp³-hybridized carbons (Fsp3) is 0.571. The van der Waals surface area contributed by atoms with E-state index in [2.05, 4.69) is 22.9 Å². The maximum atomic E-state index is 11.6. The Morgan fingerprint density at radius 2 is 1.95 bits per heavy atom. The molecule has 0 aliphatic rings. The third-order valence-corrected chi connectivity index (χ3v) is 3.38. The molecular formula is C14H24ClN3O2S. The van der Waals surface area contributed by atoms with Gasteiger partial charge in [0.15, 0.2) is 0 Å². The number of hydrogen-bond donors (Lipinski definition) is 3. The van der Waals surface area contributed by atoms with Gasteiger partial charge in [0.25, 0.3) is 5.91 Å². The highest BCUT2D eigenvalue weighted by atomic mass is 35.5. The first-order chi connectivity index (χ1) is 9.74. The van der Waals surface area contributed by atoms with Crippen LogP contribution in [0.25, 0.3) is 0 Å². The molecule has 1 heterocycles. The summed E-state index contributed by atoms with van der Waals surface area (Å²) in [7, 11) is 0. The summed E-state index contributed by atoms with van der Waals surface area (Å²) >= 11 is 1.50. The lowest BCUT2D eigenvalue weighted by molar-refractivity contribution is -0.121. The lowest BCUT2D eigenvalue weighted by Crippen LogP contribution is -2.32. The van der Waals surface area contributed by atoms with E-state index in [1.807, 2.05) is 10.8 Å². The van der Waals surface area contributed by atoms with Gasteiger partial charge in [0.1, 0.15) is 0 Å². The average Bonchev–Trinajstić information content (AvgIpc) is 2.97. The molecule has 0 bridgehead atoms. The lowest BCUT2D eigenvalue weighted by Gasteiger charge is -2.06. The van der Waals surface area contributed by atoms with Gasteiger partial charge in [0.2, 0.25) is 5.91 Å². The molecule has 0 radical (unpaired) electrons. The molecule has 2 amide bonds. The van der Waals surface area contributed by atoms with Gasteiger partial charge in [-0.1, -0.05) is 6.92 Å². The van der Waals surface area contributed by atoms with Gasteiger partial charge in [0.05, 0.1) is 0 Å². The van der Waals surface area contributed by atoms with Gasteiger partial charge >= 0.3 is 0 Å². The molecule has 0 fully saturated rings. The van der Waals surface area contributed by atoms with E-state index >= 15 is 0 Å². The van der Waals surface area contributed by atoms with Crippen LogP contribution < -0.4 is 16.0 Å². The van der Waals surface area contributed by atoms with Gasteiger partial charge < -0.3 is 16.0 Å². The predicted molar refractivity (Wildman–Crippen MR) is 89.3 cm³/mol. The zero-order valence-electron chi connectivity index (χ0n) is 12.3. The SMILES string of the molecule is CCCNCCNC(=O)CCCNC(=O)c1ccsc1.Cl. The Morgan fingerprint density at radius 1 is 1.14 bits per heavy atom. The standard InChI is InChI=1S/C14H23N3O2S.ClH/c1-2-6-15-8-9-16-13(18)4-3-7-17-14(19)12-5-10-20-11-12;/h5,10-11,15H,2-4,6-9H2,1H3,(H,16,18)(H,17,19);1H. The normalized spacial score (nSPS) is 9.76. The third-order valence-electron chi connectivity index (χ3n) is 2.70. The first-order valence-electron chi connectivity index (χ1n) is 7.02. The first kappa shape index (κ1) is 19.9. The van der Waals surface area contributed by atoms with Crippen molar-refractivity contribution in [2.75, 3.05) is 26.2 Å². The van der Waals surface area contributed by atoms with Gasteiger partial charge in [-0.3, -0.25) is 9.59 Å². The van der Waals surface area contributed by atoms with Crippen molar-refractivity contribution in [3.63, 3.8) is 0 Å². The van der Waals surface area contributed by atoms with Crippen LogP contribution in [-0.4, -0.2) is 38.0 Å². The van der Waals surface area contributed by atoms with Crippen LogP contribution in [0.15, 0.2) is 16.8 Å². The maximum absolute atomic E-state index is 11.6. The van der Waals surface area contributed by atoms with Crippen LogP contribution >= 0.6 is 23.7 Å². The quantitative estimate of drug-likeness (QED) is 0.572. The van der Waals surface area contributed by atoms with Crippen molar-refractivity contribution in [3.05, 3.63) is 22.4 Å². The summed E-state index contributed by atoms with van der Waals surface area (Å²) in [5.41, 5.74) is 0.682. The lowest BCUT2D eigenvalue weighted by atomic mass is 10.2. The summed E-state index contributed by atoms with van der Waals surface area (Å²) in [6, 6.07) is 1.79. The van der Waals surface area contributed by atoms with E-state index in [4.69, 9.17) is 0 Å². The van der Waals surface area contributed by atoms with Crippen molar-refractivity contribution in [1.82, 2.24) is 16.0 Å². The van der Waals surface area contributed by atoms with E-state index < -0.39 is 0 Å². The van der Waals surface area contributed by atoms with Crippen molar-refractivity contribution in [1.29, 1.82) is 0 Å². The number of carbonyl (C=O) groups is 2. The van der Waals surface area contributed by atoms with Crippen LogP contribution in [0.1, 0.15) is 36.5 Å². The van der Waals surface area contributed by atoms with Crippen molar-refractivity contribution >= 4 is 35.6 Å². The molecule has 21 heavy (non-hydrogen) atoms. The molecule has 120 valence electrons.